The maximum Gasteiger partial charge on any atom is 0.357 e. The molecule has 2 aromatic heterocycles. The minimum absolute atomic E-state index is 0.0527. The molecular formula is C24H30N2O6. The van der Waals surface area contributed by atoms with E-state index in [0.717, 1.165) is 5.56 Å². The molecule has 32 heavy (non-hydrogen) atoms. The molecule has 3 rings (SSSR count). The molecule has 0 radical (unpaired) electrons. The van der Waals surface area contributed by atoms with Gasteiger partial charge >= 0.3 is 11.9 Å². The van der Waals surface area contributed by atoms with Gasteiger partial charge in [0.05, 0.1) is 23.9 Å². The fraction of sp³-hybridized carbons (Fsp3) is 0.375. The standard InChI is InChI=1S/C21H22N2O6.C3H8/c1-3-19(29-21(26)17-11-18-16(23-17)8-9-27-18)28-20(25)14-6-4-13(5-7-14)10-15(24)12-22-2;1-3-2/h4-9,11,19,22-23H,3,10,12H2,1-2H3;3H2,1-2H3. The summed E-state index contributed by atoms with van der Waals surface area (Å²) < 4.78 is 15.8. The number of ether oxygens (including phenoxy) is 2. The Bertz CT molecular complexity index is 990. The second-order valence-electron chi connectivity index (χ2n) is 7.18. The average Bonchev–Trinajstić information content (AvgIpc) is 3.37. The van der Waals surface area contributed by atoms with Gasteiger partial charge in [-0.3, -0.25) is 4.79 Å². The van der Waals surface area contributed by atoms with Crippen molar-refractivity contribution in [1.29, 1.82) is 0 Å². The first-order valence-electron chi connectivity index (χ1n) is 10.6. The molecule has 3 aromatic rings. The number of benzene rings is 1. The van der Waals surface area contributed by atoms with Crippen molar-refractivity contribution in [2.45, 2.75) is 46.3 Å². The number of rotatable bonds is 9. The molecule has 1 atom stereocenters. The Kier molecular flexibility index (Phi) is 9.69. The summed E-state index contributed by atoms with van der Waals surface area (Å²) in [6.07, 6.45) is 2.31. The Balaban J connectivity index is 0.00000114. The highest BCUT2D eigenvalue weighted by Gasteiger charge is 2.21. The number of likely N-dealkylation sites (N-methyl/N-ethyl adjacent to an activating group) is 1. The maximum atomic E-state index is 12.4. The molecule has 0 saturated heterocycles. The highest BCUT2D eigenvalue weighted by Crippen LogP contribution is 2.18. The lowest BCUT2D eigenvalue weighted by atomic mass is 10.1. The third kappa shape index (κ3) is 7.09. The normalized spacial score (nSPS) is 11.4. The van der Waals surface area contributed by atoms with Crippen molar-refractivity contribution in [2.75, 3.05) is 13.6 Å². The number of Topliss-reactive ketones (excluding diaryl/α,β-unsaturated/α-hetero) is 1. The van der Waals surface area contributed by atoms with Gasteiger partial charge in [0.15, 0.2) is 11.4 Å². The molecule has 0 bridgehead atoms. The topological polar surface area (TPSA) is 111 Å². The van der Waals surface area contributed by atoms with Crippen LogP contribution in [0.1, 0.15) is 60.0 Å². The van der Waals surface area contributed by atoms with Gasteiger partial charge in [-0.15, -0.1) is 0 Å². The quantitative estimate of drug-likeness (QED) is 0.376. The zero-order valence-electron chi connectivity index (χ0n) is 18.9. The average molecular weight is 443 g/mol. The van der Waals surface area contributed by atoms with Crippen LogP contribution in [0.2, 0.25) is 0 Å². The summed E-state index contributed by atoms with van der Waals surface area (Å²) in [5, 5.41) is 2.81. The van der Waals surface area contributed by atoms with Crippen LogP contribution in [0.25, 0.3) is 11.1 Å². The number of ketones is 1. The van der Waals surface area contributed by atoms with E-state index in [4.69, 9.17) is 13.9 Å². The summed E-state index contributed by atoms with van der Waals surface area (Å²) in [6.45, 7) is 6.28. The second-order valence-corrected chi connectivity index (χ2v) is 7.18. The van der Waals surface area contributed by atoms with E-state index in [2.05, 4.69) is 24.1 Å². The van der Waals surface area contributed by atoms with E-state index in [9.17, 15) is 14.4 Å². The van der Waals surface area contributed by atoms with Crippen molar-refractivity contribution in [2.24, 2.45) is 0 Å². The number of hydrogen-bond acceptors (Lipinski definition) is 7. The lowest BCUT2D eigenvalue weighted by molar-refractivity contribution is -0.117. The third-order valence-electron chi connectivity index (χ3n) is 4.24. The van der Waals surface area contributed by atoms with Gasteiger partial charge in [-0.2, -0.15) is 0 Å². The monoisotopic (exact) mass is 442 g/mol. The van der Waals surface area contributed by atoms with Crippen LogP contribution in [-0.2, 0) is 20.7 Å². The van der Waals surface area contributed by atoms with Crippen molar-refractivity contribution in [1.82, 2.24) is 10.3 Å². The van der Waals surface area contributed by atoms with Crippen LogP contribution in [0.4, 0.5) is 0 Å². The summed E-state index contributed by atoms with van der Waals surface area (Å²) in [4.78, 5) is 39.2. The summed E-state index contributed by atoms with van der Waals surface area (Å²) in [5.74, 6) is -1.20. The smallest absolute Gasteiger partial charge is 0.357 e. The first-order chi connectivity index (χ1) is 15.4. The first-order valence-corrected chi connectivity index (χ1v) is 10.6. The van der Waals surface area contributed by atoms with Crippen LogP contribution in [0.3, 0.4) is 0 Å². The number of carbonyl (C=O) groups excluding carboxylic acids is 3. The number of aromatic nitrogens is 1. The number of esters is 2. The van der Waals surface area contributed by atoms with Crippen LogP contribution in [0, 0.1) is 0 Å². The van der Waals surface area contributed by atoms with Crippen molar-refractivity contribution in [3.8, 4) is 0 Å². The van der Waals surface area contributed by atoms with E-state index in [1.165, 1.54) is 18.8 Å². The van der Waals surface area contributed by atoms with Crippen molar-refractivity contribution in [3.05, 3.63) is 59.5 Å². The minimum atomic E-state index is -1.03. The van der Waals surface area contributed by atoms with Gasteiger partial charge in [0.25, 0.3) is 0 Å². The minimum Gasteiger partial charge on any atom is -0.463 e. The van der Waals surface area contributed by atoms with Crippen molar-refractivity contribution in [3.63, 3.8) is 0 Å². The molecule has 8 nitrogen and oxygen atoms in total. The Morgan fingerprint density at radius 1 is 1.03 bits per heavy atom. The number of nitrogens with one attached hydrogen (secondary N) is 2. The maximum absolute atomic E-state index is 12.4. The van der Waals surface area contributed by atoms with Gasteiger partial charge in [0.1, 0.15) is 5.69 Å². The Morgan fingerprint density at radius 2 is 1.69 bits per heavy atom. The molecule has 1 unspecified atom stereocenters. The molecule has 8 heteroatoms. The molecule has 2 N–H and O–H groups in total. The predicted octanol–water partition coefficient (Wildman–Crippen LogP) is 4.26. The zero-order valence-corrected chi connectivity index (χ0v) is 18.9. The number of H-pyrrole nitrogens is 1. The molecule has 0 saturated carbocycles. The van der Waals surface area contributed by atoms with E-state index in [1.807, 2.05) is 0 Å². The molecule has 0 aliphatic rings. The highest BCUT2D eigenvalue weighted by atomic mass is 16.7. The SMILES string of the molecule is CCC.CCC(OC(=O)c1ccc(CC(=O)CNC)cc1)OC(=O)c1cc2occc2[nH]1. The number of furan rings is 1. The highest BCUT2D eigenvalue weighted by molar-refractivity contribution is 5.93. The van der Waals surface area contributed by atoms with E-state index in [-0.39, 0.29) is 17.9 Å². The summed E-state index contributed by atoms with van der Waals surface area (Å²) in [5.41, 5.74) is 2.54. The van der Waals surface area contributed by atoms with Crippen LogP contribution >= 0.6 is 0 Å². The molecule has 0 spiro atoms. The van der Waals surface area contributed by atoms with Gasteiger partial charge in [0, 0.05) is 25.0 Å². The predicted molar refractivity (Wildman–Crippen MR) is 121 cm³/mol. The molecule has 1 aromatic carbocycles. The fourth-order valence-corrected chi connectivity index (χ4v) is 2.77. The van der Waals surface area contributed by atoms with Crippen molar-refractivity contribution >= 4 is 28.8 Å². The van der Waals surface area contributed by atoms with E-state index in [0.29, 0.717) is 29.6 Å². The molecule has 2 heterocycles. The molecule has 172 valence electrons. The molecular weight excluding hydrogens is 412 g/mol. The van der Waals surface area contributed by atoms with Gasteiger partial charge < -0.3 is 24.2 Å². The van der Waals surface area contributed by atoms with Gasteiger partial charge in [0.2, 0.25) is 6.29 Å². The van der Waals surface area contributed by atoms with Crippen LogP contribution in [0.5, 0.6) is 0 Å². The van der Waals surface area contributed by atoms with Gasteiger partial charge in [-0.1, -0.05) is 39.3 Å². The van der Waals surface area contributed by atoms with E-state index < -0.39 is 18.2 Å². The Labute approximate surface area is 187 Å². The molecule has 0 fully saturated rings. The number of hydrogen-bond donors (Lipinski definition) is 2. The molecule has 0 aliphatic carbocycles. The fourth-order valence-electron chi connectivity index (χ4n) is 2.77. The lowest BCUT2D eigenvalue weighted by Gasteiger charge is -2.16. The second kappa shape index (κ2) is 12.5. The molecule has 0 amide bonds. The van der Waals surface area contributed by atoms with E-state index in [1.54, 1.807) is 44.3 Å². The number of fused-ring (bicyclic) bond motifs is 1. The zero-order chi connectivity index (χ0) is 23.5. The van der Waals surface area contributed by atoms with E-state index >= 15 is 0 Å². The third-order valence-corrected chi connectivity index (χ3v) is 4.24. The lowest BCUT2D eigenvalue weighted by Crippen LogP contribution is -2.24. The Morgan fingerprint density at radius 3 is 2.28 bits per heavy atom. The Hall–Kier alpha value is -3.39. The molecule has 0 aliphatic heterocycles. The number of carbonyl (C=O) groups is 3. The van der Waals surface area contributed by atoms with Gasteiger partial charge in [-0.25, -0.2) is 9.59 Å². The van der Waals surface area contributed by atoms with Crippen LogP contribution < -0.4 is 5.32 Å². The van der Waals surface area contributed by atoms with Crippen LogP contribution in [0.15, 0.2) is 47.1 Å². The largest absolute Gasteiger partial charge is 0.463 e. The summed E-state index contributed by atoms with van der Waals surface area (Å²) >= 11 is 0. The van der Waals surface area contributed by atoms with Gasteiger partial charge in [-0.05, 0) is 24.7 Å². The summed E-state index contributed by atoms with van der Waals surface area (Å²) in [6, 6.07) is 9.78. The van der Waals surface area contributed by atoms with Crippen molar-refractivity contribution < 1.29 is 28.3 Å². The van der Waals surface area contributed by atoms with Crippen LogP contribution in [-0.4, -0.2) is 42.6 Å². The first kappa shape index (κ1) is 24.9. The number of aromatic amines is 1. The summed E-state index contributed by atoms with van der Waals surface area (Å²) in [7, 11) is 1.71.